The predicted molar refractivity (Wildman–Crippen MR) is 49.7 cm³/mol. The molecule has 6 heteroatoms. The van der Waals surface area contributed by atoms with Crippen molar-refractivity contribution in [2.24, 2.45) is 0 Å². The summed E-state index contributed by atoms with van der Waals surface area (Å²) in [5.74, 6) is -0.0995. The molecule has 0 aliphatic rings. The number of anilines is 1. The summed E-state index contributed by atoms with van der Waals surface area (Å²) in [5, 5.41) is 0.305. The van der Waals surface area contributed by atoms with Crippen LogP contribution in [0.15, 0.2) is 18.2 Å². The van der Waals surface area contributed by atoms with Gasteiger partial charge in [-0.3, -0.25) is 0 Å². The number of hydrogen-bond acceptors (Lipinski definition) is 2. The van der Waals surface area contributed by atoms with E-state index in [1.165, 1.54) is 18.2 Å². The Bertz CT molecular complexity index is 283. The topological polar surface area (TPSA) is 35.2 Å². The molecule has 0 atom stereocenters. The standard InChI is InChI=1S/C7H6ClF2NO.ClH/c8-4-1-2-5(11)6(3-4)12-7(9)10;/h1-3,7H,11H2;1H. The molecule has 1 aromatic rings. The number of ether oxygens (including phenoxy) is 1. The highest BCUT2D eigenvalue weighted by Crippen LogP contribution is 2.26. The number of rotatable bonds is 2. The van der Waals surface area contributed by atoms with E-state index in [4.69, 9.17) is 17.3 Å². The molecule has 2 nitrogen and oxygen atoms in total. The van der Waals surface area contributed by atoms with Crippen LogP contribution in [0.2, 0.25) is 5.02 Å². The zero-order valence-corrected chi connectivity index (χ0v) is 7.91. The van der Waals surface area contributed by atoms with E-state index in [1.807, 2.05) is 0 Å². The maximum Gasteiger partial charge on any atom is 0.387 e. The normalized spacial score (nSPS) is 9.54. The van der Waals surface area contributed by atoms with Crippen molar-refractivity contribution in [2.75, 3.05) is 5.73 Å². The third-order valence-electron chi connectivity index (χ3n) is 1.19. The Hall–Kier alpha value is -0.740. The van der Waals surface area contributed by atoms with Gasteiger partial charge in [-0.05, 0) is 12.1 Å². The lowest BCUT2D eigenvalue weighted by atomic mass is 10.3. The van der Waals surface area contributed by atoms with Gasteiger partial charge in [-0.25, -0.2) is 0 Å². The number of nitrogens with two attached hydrogens (primary N) is 1. The van der Waals surface area contributed by atoms with E-state index in [2.05, 4.69) is 4.74 Å². The molecule has 1 aromatic carbocycles. The van der Waals surface area contributed by atoms with Gasteiger partial charge < -0.3 is 10.5 Å². The molecule has 0 radical (unpaired) electrons. The van der Waals surface area contributed by atoms with Gasteiger partial charge in [0.25, 0.3) is 0 Å². The van der Waals surface area contributed by atoms with Gasteiger partial charge in [0.15, 0.2) is 0 Å². The first kappa shape index (κ1) is 12.3. The van der Waals surface area contributed by atoms with Gasteiger partial charge in [-0.2, -0.15) is 8.78 Å². The third kappa shape index (κ3) is 3.65. The molecule has 0 saturated carbocycles. The zero-order chi connectivity index (χ0) is 9.14. The molecule has 74 valence electrons. The summed E-state index contributed by atoms with van der Waals surface area (Å²) in [7, 11) is 0. The second-order valence-electron chi connectivity index (χ2n) is 2.06. The molecule has 0 saturated heterocycles. The van der Waals surface area contributed by atoms with Crippen LogP contribution in [-0.2, 0) is 0 Å². The van der Waals surface area contributed by atoms with Gasteiger partial charge in [-0.1, -0.05) is 11.6 Å². The average molecular weight is 230 g/mol. The molecule has 0 bridgehead atoms. The summed E-state index contributed by atoms with van der Waals surface area (Å²) in [6.45, 7) is -2.88. The van der Waals surface area contributed by atoms with E-state index in [9.17, 15) is 8.78 Å². The summed E-state index contributed by atoms with van der Waals surface area (Å²) < 4.78 is 27.5. The number of nitrogen functional groups attached to an aromatic ring is 1. The van der Waals surface area contributed by atoms with Gasteiger partial charge >= 0.3 is 6.61 Å². The molecule has 0 fully saturated rings. The minimum Gasteiger partial charge on any atom is -0.433 e. The van der Waals surface area contributed by atoms with Gasteiger partial charge in [0.2, 0.25) is 0 Å². The Balaban J connectivity index is 0.00000144. The van der Waals surface area contributed by atoms with Gasteiger partial charge in [0.1, 0.15) is 5.75 Å². The van der Waals surface area contributed by atoms with E-state index >= 15 is 0 Å². The van der Waals surface area contributed by atoms with Gasteiger partial charge in [0, 0.05) is 11.1 Å². The van der Waals surface area contributed by atoms with Crippen LogP contribution in [0.3, 0.4) is 0 Å². The Morgan fingerprint density at radius 3 is 2.54 bits per heavy atom. The quantitative estimate of drug-likeness (QED) is 0.792. The average Bonchev–Trinajstić information content (AvgIpc) is 1.96. The molecule has 0 aromatic heterocycles. The third-order valence-corrected chi connectivity index (χ3v) is 1.43. The lowest BCUT2D eigenvalue weighted by Crippen LogP contribution is -2.04. The van der Waals surface area contributed by atoms with E-state index < -0.39 is 6.61 Å². The van der Waals surface area contributed by atoms with Crippen LogP contribution in [0, 0.1) is 0 Å². The minimum absolute atomic E-state index is 0. The Kier molecular flexibility index (Phi) is 4.80. The molecule has 0 aliphatic heterocycles. The fourth-order valence-electron chi connectivity index (χ4n) is 0.706. The van der Waals surface area contributed by atoms with E-state index in [-0.39, 0.29) is 23.8 Å². The van der Waals surface area contributed by atoms with Crippen molar-refractivity contribution >= 4 is 29.7 Å². The highest BCUT2D eigenvalue weighted by Gasteiger charge is 2.07. The molecule has 0 aliphatic carbocycles. The lowest BCUT2D eigenvalue weighted by Gasteiger charge is -2.06. The SMILES string of the molecule is Cl.Nc1ccc(Cl)cc1OC(F)F. The molecule has 0 heterocycles. The molecule has 0 spiro atoms. The fraction of sp³-hybridized carbons (Fsp3) is 0.143. The van der Waals surface area contributed by atoms with Crippen molar-refractivity contribution in [1.29, 1.82) is 0 Å². The van der Waals surface area contributed by atoms with E-state index in [0.29, 0.717) is 5.02 Å². The first-order valence-corrected chi connectivity index (χ1v) is 3.47. The summed E-state index contributed by atoms with van der Waals surface area (Å²) in [4.78, 5) is 0. The number of benzene rings is 1. The van der Waals surface area contributed by atoms with Crippen molar-refractivity contribution < 1.29 is 13.5 Å². The van der Waals surface area contributed by atoms with Crippen LogP contribution >= 0.6 is 24.0 Å². The Morgan fingerprint density at radius 1 is 1.38 bits per heavy atom. The number of alkyl halides is 2. The summed E-state index contributed by atoms with van der Waals surface area (Å²) in [6, 6.07) is 4.14. The van der Waals surface area contributed by atoms with E-state index in [0.717, 1.165) is 0 Å². The largest absolute Gasteiger partial charge is 0.433 e. The van der Waals surface area contributed by atoms with Crippen LogP contribution in [0.25, 0.3) is 0 Å². The molecule has 13 heavy (non-hydrogen) atoms. The second kappa shape index (κ2) is 5.09. The van der Waals surface area contributed by atoms with Crippen molar-refractivity contribution in [1.82, 2.24) is 0 Å². The fourth-order valence-corrected chi connectivity index (χ4v) is 0.868. The summed E-state index contributed by atoms with van der Waals surface area (Å²) in [5.41, 5.74) is 5.46. The smallest absolute Gasteiger partial charge is 0.387 e. The minimum atomic E-state index is -2.88. The summed E-state index contributed by atoms with van der Waals surface area (Å²) >= 11 is 5.52. The lowest BCUT2D eigenvalue weighted by molar-refractivity contribution is -0.0493. The van der Waals surface area contributed by atoms with Gasteiger partial charge in [-0.15, -0.1) is 12.4 Å². The molecule has 0 unspecified atom stereocenters. The maximum absolute atomic E-state index is 11.7. The molecule has 0 amide bonds. The Morgan fingerprint density at radius 2 is 2.00 bits per heavy atom. The first-order valence-electron chi connectivity index (χ1n) is 3.09. The molecular formula is C7H7Cl2F2NO. The molecule has 2 N–H and O–H groups in total. The first-order chi connectivity index (χ1) is 5.59. The van der Waals surface area contributed by atoms with Crippen LogP contribution in [-0.4, -0.2) is 6.61 Å². The van der Waals surface area contributed by atoms with Crippen LogP contribution in [0.5, 0.6) is 5.75 Å². The van der Waals surface area contributed by atoms with Gasteiger partial charge in [0.05, 0.1) is 5.69 Å². The van der Waals surface area contributed by atoms with Crippen LogP contribution in [0.4, 0.5) is 14.5 Å². The predicted octanol–water partition coefficient (Wildman–Crippen LogP) is 2.95. The van der Waals surface area contributed by atoms with E-state index in [1.54, 1.807) is 0 Å². The number of hydrogen-bond donors (Lipinski definition) is 1. The monoisotopic (exact) mass is 229 g/mol. The molecular weight excluding hydrogens is 223 g/mol. The maximum atomic E-state index is 11.7. The second-order valence-corrected chi connectivity index (χ2v) is 2.50. The zero-order valence-electron chi connectivity index (χ0n) is 6.34. The van der Waals surface area contributed by atoms with Crippen molar-refractivity contribution in [3.05, 3.63) is 23.2 Å². The molecule has 1 rings (SSSR count). The van der Waals surface area contributed by atoms with Crippen molar-refractivity contribution in [3.63, 3.8) is 0 Å². The van der Waals surface area contributed by atoms with Crippen molar-refractivity contribution in [2.45, 2.75) is 6.61 Å². The van der Waals surface area contributed by atoms with Crippen LogP contribution < -0.4 is 10.5 Å². The summed E-state index contributed by atoms with van der Waals surface area (Å²) in [6.07, 6.45) is 0. The number of halogens is 4. The highest BCUT2D eigenvalue weighted by molar-refractivity contribution is 6.30. The highest BCUT2D eigenvalue weighted by atomic mass is 35.5. The Labute approximate surface area is 85.0 Å². The van der Waals surface area contributed by atoms with Crippen LogP contribution in [0.1, 0.15) is 0 Å². The van der Waals surface area contributed by atoms with Crippen molar-refractivity contribution in [3.8, 4) is 5.75 Å².